The highest BCUT2D eigenvalue weighted by atomic mass is 16.2. The molecule has 4 aromatic rings. The number of nitrogens with one attached hydrogen (secondary N) is 1. The van der Waals surface area contributed by atoms with Gasteiger partial charge < -0.3 is 14.8 Å². The van der Waals surface area contributed by atoms with Crippen LogP contribution in [0.5, 0.6) is 0 Å². The number of H-pyrrole nitrogens is 1. The van der Waals surface area contributed by atoms with Gasteiger partial charge in [0.2, 0.25) is 11.8 Å². The number of carbonyl (C=O) groups is 2. The lowest BCUT2D eigenvalue weighted by Crippen LogP contribution is -2.62. The molecular weight excluding hydrogens is 398 g/mol. The first-order chi connectivity index (χ1) is 15.7. The molecule has 5 heteroatoms. The van der Waals surface area contributed by atoms with E-state index in [1.54, 1.807) is 4.90 Å². The third-order valence-corrected chi connectivity index (χ3v) is 6.67. The van der Waals surface area contributed by atoms with E-state index in [0.717, 1.165) is 33.3 Å². The highest BCUT2D eigenvalue weighted by molar-refractivity contribution is 5.97. The standard InChI is InChI=1S/C27H23N3O2/c31-24-17-29(16-18-9-3-1-4-10-18)27(32)23-15-21-20-13-7-8-14-22(20)28-25(21)26(30(23)24)19-11-5-2-6-12-19/h1-14,23,26,28H,15-17H2/t23-,26+/m0/s1. The van der Waals surface area contributed by atoms with E-state index < -0.39 is 6.04 Å². The van der Waals surface area contributed by atoms with Gasteiger partial charge in [-0.3, -0.25) is 9.59 Å². The van der Waals surface area contributed by atoms with Crippen molar-refractivity contribution < 1.29 is 9.59 Å². The molecule has 5 nitrogen and oxygen atoms in total. The van der Waals surface area contributed by atoms with Crippen LogP contribution in [0.2, 0.25) is 0 Å². The van der Waals surface area contributed by atoms with E-state index in [1.807, 2.05) is 77.7 Å². The van der Waals surface area contributed by atoms with Crippen LogP contribution in [0.3, 0.4) is 0 Å². The number of fused-ring (bicyclic) bond motifs is 4. The number of hydrogen-bond donors (Lipinski definition) is 1. The molecule has 0 unspecified atom stereocenters. The van der Waals surface area contributed by atoms with Crippen LogP contribution in [0.15, 0.2) is 84.9 Å². The smallest absolute Gasteiger partial charge is 0.246 e. The molecule has 3 heterocycles. The molecular formula is C27H23N3O2. The number of rotatable bonds is 3. The minimum absolute atomic E-state index is 0.0105. The van der Waals surface area contributed by atoms with Crippen molar-refractivity contribution in [2.45, 2.75) is 25.0 Å². The molecule has 3 aromatic carbocycles. The van der Waals surface area contributed by atoms with Crippen LogP contribution >= 0.6 is 0 Å². The highest BCUT2D eigenvalue weighted by Crippen LogP contribution is 2.42. The van der Waals surface area contributed by atoms with Crippen LogP contribution in [-0.4, -0.2) is 39.2 Å². The van der Waals surface area contributed by atoms with Crippen LogP contribution in [0.25, 0.3) is 10.9 Å². The average molecular weight is 422 g/mol. The minimum atomic E-state index is -0.503. The maximum Gasteiger partial charge on any atom is 0.246 e. The number of aromatic amines is 1. The van der Waals surface area contributed by atoms with Crippen molar-refractivity contribution in [3.63, 3.8) is 0 Å². The lowest BCUT2D eigenvalue weighted by molar-refractivity contribution is -0.159. The number of nitrogens with zero attached hydrogens (tertiary/aromatic N) is 2. The summed E-state index contributed by atoms with van der Waals surface area (Å²) in [5.74, 6) is 0.00834. The first-order valence-corrected chi connectivity index (χ1v) is 11.0. The summed E-state index contributed by atoms with van der Waals surface area (Å²) in [6.07, 6.45) is 0.526. The normalized spacial score (nSPS) is 20.4. The molecule has 2 amide bonds. The molecule has 0 saturated carbocycles. The molecule has 0 radical (unpaired) electrons. The number of benzene rings is 3. The number of amides is 2. The number of hydrogen-bond acceptors (Lipinski definition) is 2. The second-order valence-corrected chi connectivity index (χ2v) is 8.58. The monoisotopic (exact) mass is 421 g/mol. The van der Waals surface area contributed by atoms with Crippen molar-refractivity contribution in [2.24, 2.45) is 0 Å². The third kappa shape index (κ3) is 2.93. The van der Waals surface area contributed by atoms with Crippen molar-refractivity contribution in [1.29, 1.82) is 0 Å². The molecule has 32 heavy (non-hydrogen) atoms. The Morgan fingerprint density at radius 1 is 0.844 bits per heavy atom. The first-order valence-electron chi connectivity index (χ1n) is 11.0. The molecule has 0 spiro atoms. The fraction of sp³-hybridized carbons (Fsp3) is 0.185. The molecule has 2 aliphatic heterocycles. The fourth-order valence-electron chi connectivity index (χ4n) is 5.24. The Morgan fingerprint density at radius 3 is 2.31 bits per heavy atom. The number of piperazine rings is 1. The highest BCUT2D eigenvalue weighted by Gasteiger charge is 2.48. The number of aromatic nitrogens is 1. The molecule has 2 atom stereocenters. The maximum atomic E-state index is 13.7. The summed E-state index contributed by atoms with van der Waals surface area (Å²) < 4.78 is 0. The van der Waals surface area contributed by atoms with Crippen molar-refractivity contribution in [1.82, 2.24) is 14.8 Å². The van der Waals surface area contributed by atoms with E-state index >= 15 is 0 Å². The van der Waals surface area contributed by atoms with Crippen LogP contribution in [0.4, 0.5) is 0 Å². The summed E-state index contributed by atoms with van der Waals surface area (Å²) >= 11 is 0. The van der Waals surface area contributed by atoms with Gasteiger partial charge in [0.1, 0.15) is 12.6 Å². The SMILES string of the molecule is O=C1[C@@H]2Cc3c([nH]c4ccccc34)[C@@H](c3ccccc3)N2C(=O)CN1Cc1ccccc1. The average Bonchev–Trinajstić information content (AvgIpc) is 3.21. The Labute approximate surface area is 186 Å². The summed E-state index contributed by atoms with van der Waals surface area (Å²) in [5, 5.41) is 1.13. The molecule has 1 fully saturated rings. The number of carbonyl (C=O) groups excluding carboxylic acids is 2. The molecule has 1 N–H and O–H groups in total. The van der Waals surface area contributed by atoms with E-state index in [4.69, 9.17) is 0 Å². The van der Waals surface area contributed by atoms with E-state index in [0.29, 0.717) is 13.0 Å². The van der Waals surface area contributed by atoms with Gasteiger partial charge in [-0.05, 0) is 22.8 Å². The summed E-state index contributed by atoms with van der Waals surface area (Å²) in [4.78, 5) is 34.3. The Morgan fingerprint density at radius 2 is 1.53 bits per heavy atom. The van der Waals surface area contributed by atoms with Crippen molar-refractivity contribution in [2.75, 3.05) is 6.54 Å². The van der Waals surface area contributed by atoms with Crippen LogP contribution < -0.4 is 0 Å². The van der Waals surface area contributed by atoms with Gasteiger partial charge in [0.05, 0.1) is 6.04 Å². The molecule has 6 rings (SSSR count). The zero-order chi connectivity index (χ0) is 21.7. The largest absolute Gasteiger partial charge is 0.356 e. The van der Waals surface area contributed by atoms with Crippen LogP contribution in [-0.2, 0) is 22.6 Å². The Bertz CT molecular complexity index is 1310. The zero-order valence-corrected chi connectivity index (χ0v) is 17.6. The Balaban J connectivity index is 1.46. The van der Waals surface area contributed by atoms with Gasteiger partial charge in [0.15, 0.2) is 0 Å². The second-order valence-electron chi connectivity index (χ2n) is 8.58. The van der Waals surface area contributed by atoms with Gasteiger partial charge in [-0.15, -0.1) is 0 Å². The van der Waals surface area contributed by atoms with Gasteiger partial charge in [-0.1, -0.05) is 78.9 Å². The van der Waals surface area contributed by atoms with Gasteiger partial charge >= 0.3 is 0 Å². The van der Waals surface area contributed by atoms with E-state index in [2.05, 4.69) is 17.1 Å². The van der Waals surface area contributed by atoms with E-state index in [-0.39, 0.29) is 24.4 Å². The molecule has 0 bridgehead atoms. The van der Waals surface area contributed by atoms with Crippen molar-refractivity contribution >= 4 is 22.7 Å². The fourth-order valence-corrected chi connectivity index (χ4v) is 5.24. The second kappa shape index (κ2) is 7.38. The van der Waals surface area contributed by atoms with Gasteiger partial charge in [0, 0.05) is 29.6 Å². The summed E-state index contributed by atoms with van der Waals surface area (Å²) in [5.41, 5.74) is 5.25. The van der Waals surface area contributed by atoms with Gasteiger partial charge in [0.25, 0.3) is 0 Å². The Kier molecular flexibility index (Phi) is 4.35. The van der Waals surface area contributed by atoms with Gasteiger partial charge in [-0.25, -0.2) is 0 Å². The lowest BCUT2D eigenvalue weighted by atomic mass is 9.86. The van der Waals surface area contributed by atoms with Crippen LogP contribution in [0, 0.1) is 0 Å². The zero-order valence-electron chi connectivity index (χ0n) is 17.6. The lowest BCUT2D eigenvalue weighted by Gasteiger charge is -2.47. The van der Waals surface area contributed by atoms with Crippen LogP contribution in [0.1, 0.15) is 28.4 Å². The maximum absolute atomic E-state index is 13.7. The molecule has 2 aliphatic rings. The summed E-state index contributed by atoms with van der Waals surface area (Å²) in [6.45, 7) is 0.551. The molecule has 158 valence electrons. The molecule has 1 aromatic heterocycles. The Hall–Kier alpha value is -3.86. The van der Waals surface area contributed by atoms with E-state index in [1.165, 1.54) is 0 Å². The quantitative estimate of drug-likeness (QED) is 0.543. The first kappa shape index (κ1) is 18.9. The van der Waals surface area contributed by atoms with Crippen molar-refractivity contribution in [3.05, 3.63) is 107 Å². The van der Waals surface area contributed by atoms with E-state index in [9.17, 15) is 9.59 Å². The summed E-state index contributed by atoms with van der Waals surface area (Å²) in [6, 6.07) is 27.3. The van der Waals surface area contributed by atoms with Crippen molar-refractivity contribution in [3.8, 4) is 0 Å². The minimum Gasteiger partial charge on any atom is -0.356 e. The summed E-state index contributed by atoms with van der Waals surface area (Å²) in [7, 11) is 0. The third-order valence-electron chi connectivity index (χ3n) is 6.67. The molecule has 0 aliphatic carbocycles. The number of para-hydroxylation sites is 1. The predicted molar refractivity (Wildman–Crippen MR) is 123 cm³/mol. The predicted octanol–water partition coefficient (Wildman–Crippen LogP) is 4.05. The topological polar surface area (TPSA) is 56.4 Å². The molecule has 1 saturated heterocycles. The van der Waals surface area contributed by atoms with Gasteiger partial charge in [-0.2, -0.15) is 0 Å².